The summed E-state index contributed by atoms with van der Waals surface area (Å²) in [6.45, 7) is -0.701. The van der Waals surface area contributed by atoms with Crippen molar-refractivity contribution in [3.63, 3.8) is 0 Å². The number of carbonyl (C=O) groups is 2. The molecular formula is C16H11F5N2O3. The van der Waals surface area contributed by atoms with Crippen molar-refractivity contribution < 1.29 is 36.3 Å². The highest BCUT2D eigenvalue weighted by Gasteiger charge is 2.30. The molecule has 2 aromatic rings. The minimum atomic E-state index is -4.56. The number of rotatable bonds is 4. The van der Waals surface area contributed by atoms with Gasteiger partial charge in [-0.05, 0) is 30.3 Å². The molecule has 0 saturated carbocycles. The van der Waals surface area contributed by atoms with Gasteiger partial charge in [-0.2, -0.15) is 13.2 Å². The van der Waals surface area contributed by atoms with Crippen LogP contribution in [-0.2, 0) is 11.0 Å². The van der Waals surface area contributed by atoms with Crippen LogP contribution in [0.1, 0.15) is 15.9 Å². The number of hydrogen-bond acceptors (Lipinski definition) is 3. The summed E-state index contributed by atoms with van der Waals surface area (Å²) in [6.07, 6.45) is -4.56. The normalized spacial score (nSPS) is 11.0. The molecule has 0 aromatic heterocycles. The predicted molar refractivity (Wildman–Crippen MR) is 78.9 cm³/mol. The van der Waals surface area contributed by atoms with E-state index in [9.17, 15) is 31.5 Å². The van der Waals surface area contributed by atoms with Crippen LogP contribution in [0.3, 0.4) is 0 Å². The molecule has 0 spiro atoms. The molecule has 2 amide bonds. The SMILES string of the molecule is O=C(COc1cccc(C(F)(F)F)c1)NNC(=O)c1ccc(F)cc1F. The van der Waals surface area contributed by atoms with Crippen LogP contribution in [0.4, 0.5) is 22.0 Å². The van der Waals surface area contributed by atoms with Gasteiger partial charge in [-0.25, -0.2) is 8.78 Å². The molecule has 0 fully saturated rings. The Labute approximate surface area is 143 Å². The molecule has 0 unspecified atom stereocenters. The van der Waals surface area contributed by atoms with Crippen molar-refractivity contribution in [2.24, 2.45) is 0 Å². The van der Waals surface area contributed by atoms with Crippen LogP contribution in [0, 0.1) is 11.6 Å². The maximum absolute atomic E-state index is 13.4. The van der Waals surface area contributed by atoms with Crippen LogP contribution >= 0.6 is 0 Å². The van der Waals surface area contributed by atoms with Crippen LogP contribution in [0.2, 0.25) is 0 Å². The molecule has 2 aromatic carbocycles. The monoisotopic (exact) mass is 374 g/mol. The first kappa shape index (κ1) is 19.2. The smallest absolute Gasteiger partial charge is 0.416 e. The second-order valence-corrected chi connectivity index (χ2v) is 4.94. The number of hydrogen-bond donors (Lipinski definition) is 2. The largest absolute Gasteiger partial charge is 0.484 e. The second kappa shape index (κ2) is 7.81. The summed E-state index contributed by atoms with van der Waals surface area (Å²) in [5.74, 6) is -4.16. The highest BCUT2D eigenvalue weighted by Crippen LogP contribution is 2.31. The van der Waals surface area contributed by atoms with Gasteiger partial charge in [0, 0.05) is 6.07 Å². The van der Waals surface area contributed by atoms with Gasteiger partial charge in [-0.1, -0.05) is 6.07 Å². The molecule has 5 nitrogen and oxygen atoms in total. The summed E-state index contributed by atoms with van der Waals surface area (Å²) < 4.78 is 68.7. The molecule has 2 rings (SSSR count). The summed E-state index contributed by atoms with van der Waals surface area (Å²) in [6, 6.07) is 6.10. The summed E-state index contributed by atoms with van der Waals surface area (Å²) in [5, 5.41) is 0. The van der Waals surface area contributed by atoms with E-state index in [1.54, 1.807) is 0 Å². The molecule has 138 valence electrons. The number of ether oxygens (including phenoxy) is 1. The van der Waals surface area contributed by atoms with Gasteiger partial charge in [-0.3, -0.25) is 20.4 Å². The van der Waals surface area contributed by atoms with Crippen LogP contribution < -0.4 is 15.6 Å². The van der Waals surface area contributed by atoms with E-state index in [4.69, 9.17) is 4.74 Å². The first-order valence-corrected chi connectivity index (χ1v) is 7.01. The lowest BCUT2D eigenvalue weighted by Gasteiger charge is -2.11. The van der Waals surface area contributed by atoms with Gasteiger partial charge in [0.05, 0.1) is 11.1 Å². The predicted octanol–water partition coefficient (Wildman–Crippen LogP) is 2.82. The van der Waals surface area contributed by atoms with Gasteiger partial charge >= 0.3 is 6.18 Å². The number of carbonyl (C=O) groups excluding carboxylic acids is 2. The van der Waals surface area contributed by atoms with E-state index in [-0.39, 0.29) is 5.75 Å². The van der Waals surface area contributed by atoms with Crippen LogP contribution in [0.5, 0.6) is 5.75 Å². The topological polar surface area (TPSA) is 67.4 Å². The van der Waals surface area contributed by atoms with Crippen molar-refractivity contribution in [2.75, 3.05) is 6.61 Å². The van der Waals surface area contributed by atoms with Crippen LogP contribution in [0.15, 0.2) is 42.5 Å². The summed E-state index contributed by atoms with van der Waals surface area (Å²) in [7, 11) is 0. The van der Waals surface area contributed by atoms with Crippen molar-refractivity contribution in [3.05, 3.63) is 65.2 Å². The van der Waals surface area contributed by atoms with E-state index in [0.717, 1.165) is 24.3 Å². The average Bonchev–Trinajstić information content (AvgIpc) is 2.57. The summed E-state index contributed by atoms with van der Waals surface area (Å²) in [4.78, 5) is 23.2. The lowest BCUT2D eigenvalue weighted by Crippen LogP contribution is -2.44. The first-order valence-electron chi connectivity index (χ1n) is 7.01. The highest BCUT2D eigenvalue weighted by atomic mass is 19.4. The molecule has 2 N–H and O–H groups in total. The maximum atomic E-state index is 13.4. The summed E-state index contributed by atoms with van der Waals surface area (Å²) >= 11 is 0. The van der Waals surface area contributed by atoms with Gasteiger partial charge in [-0.15, -0.1) is 0 Å². The van der Waals surface area contributed by atoms with E-state index in [2.05, 4.69) is 0 Å². The zero-order chi connectivity index (χ0) is 19.3. The first-order chi connectivity index (χ1) is 12.2. The lowest BCUT2D eigenvalue weighted by atomic mass is 10.2. The van der Waals surface area contributed by atoms with E-state index < -0.39 is 47.4 Å². The van der Waals surface area contributed by atoms with E-state index in [1.165, 1.54) is 6.07 Å². The Morgan fingerprint density at radius 1 is 1.00 bits per heavy atom. The zero-order valence-corrected chi connectivity index (χ0v) is 12.9. The number of hydrazine groups is 1. The fraction of sp³-hybridized carbons (Fsp3) is 0.125. The number of benzene rings is 2. The van der Waals surface area contributed by atoms with Gasteiger partial charge < -0.3 is 4.74 Å². The van der Waals surface area contributed by atoms with Gasteiger partial charge in [0.25, 0.3) is 11.8 Å². The minimum Gasteiger partial charge on any atom is -0.484 e. The zero-order valence-electron chi connectivity index (χ0n) is 12.9. The Kier molecular flexibility index (Phi) is 5.75. The molecule has 0 heterocycles. The minimum absolute atomic E-state index is 0.203. The quantitative estimate of drug-likeness (QED) is 0.639. The maximum Gasteiger partial charge on any atom is 0.416 e. The second-order valence-electron chi connectivity index (χ2n) is 4.94. The molecule has 0 aliphatic carbocycles. The highest BCUT2D eigenvalue weighted by molar-refractivity contribution is 5.95. The Morgan fingerprint density at radius 3 is 2.38 bits per heavy atom. The molecule has 0 aliphatic heterocycles. The Balaban J connectivity index is 1.87. The molecule has 0 bridgehead atoms. The van der Waals surface area contributed by atoms with Crippen LogP contribution in [0.25, 0.3) is 0 Å². The van der Waals surface area contributed by atoms with E-state index >= 15 is 0 Å². The van der Waals surface area contributed by atoms with Crippen molar-refractivity contribution >= 4 is 11.8 Å². The van der Waals surface area contributed by atoms with Crippen molar-refractivity contribution in [3.8, 4) is 5.75 Å². The van der Waals surface area contributed by atoms with E-state index in [1.807, 2.05) is 10.9 Å². The molecule has 0 aliphatic rings. The summed E-state index contributed by atoms with van der Waals surface area (Å²) in [5.41, 5.74) is 2.30. The average molecular weight is 374 g/mol. The van der Waals surface area contributed by atoms with Gasteiger partial charge in [0.2, 0.25) is 0 Å². The van der Waals surface area contributed by atoms with Crippen molar-refractivity contribution in [2.45, 2.75) is 6.18 Å². The molecular weight excluding hydrogens is 363 g/mol. The van der Waals surface area contributed by atoms with Crippen LogP contribution in [-0.4, -0.2) is 18.4 Å². The number of alkyl halides is 3. The lowest BCUT2D eigenvalue weighted by molar-refractivity contribution is -0.137. The van der Waals surface area contributed by atoms with Gasteiger partial charge in [0.1, 0.15) is 17.4 Å². The third-order valence-corrected chi connectivity index (χ3v) is 3.02. The Morgan fingerprint density at radius 2 is 1.73 bits per heavy atom. The molecule has 0 saturated heterocycles. The van der Waals surface area contributed by atoms with E-state index in [0.29, 0.717) is 12.1 Å². The van der Waals surface area contributed by atoms with Crippen molar-refractivity contribution in [1.29, 1.82) is 0 Å². The molecule has 10 heteroatoms. The fourth-order valence-corrected chi connectivity index (χ4v) is 1.81. The third kappa shape index (κ3) is 5.16. The standard InChI is InChI=1S/C16H11F5N2O3/c17-10-4-5-12(13(18)7-10)15(25)23-22-14(24)8-26-11-3-1-2-9(6-11)16(19,20)21/h1-7H,8H2,(H,22,24)(H,23,25). The molecule has 26 heavy (non-hydrogen) atoms. The Bertz CT molecular complexity index is 824. The van der Waals surface area contributed by atoms with Crippen molar-refractivity contribution in [1.82, 2.24) is 10.9 Å². The molecule has 0 atom stereocenters. The van der Waals surface area contributed by atoms with Gasteiger partial charge in [0.15, 0.2) is 6.61 Å². The third-order valence-electron chi connectivity index (χ3n) is 3.02. The number of nitrogens with one attached hydrogen (secondary N) is 2. The fourth-order valence-electron chi connectivity index (χ4n) is 1.81. The number of amides is 2. The Hall–Kier alpha value is -3.17. The molecule has 0 radical (unpaired) electrons. The number of halogens is 5.